The molecular formula is C8H13NO3. The second kappa shape index (κ2) is 6.52. The molecule has 4 heteroatoms. The standard InChI is InChI=1S/C8H13NO3/c1-7(2)8(10)12-6-4-3-5-9-11/h1,3-6H2,2H3. The molecule has 0 atom stereocenters. The van der Waals surface area contributed by atoms with Crippen LogP contribution in [-0.4, -0.2) is 19.1 Å². The van der Waals surface area contributed by atoms with Crippen LogP contribution in [0.4, 0.5) is 0 Å². The van der Waals surface area contributed by atoms with Gasteiger partial charge in [0.1, 0.15) is 0 Å². The van der Waals surface area contributed by atoms with Crippen LogP contribution in [0.15, 0.2) is 17.3 Å². The third kappa shape index (κ3) is 5.58. The molecule has 4 nitrogen and oxygen atoms in total. The molecule has 0 spiro atoms. The summed E-state index contributed by atoms with van der Waals surface area (Å²) in [5.74, 6) is -0.380. The molecule has 0 rings (SSSR count). The molecule has 0 saturated heterocycles. The van der Waals surface area contributed by atoms with Gasteiger partial charge in [-0.25, -0.2) is 4.79 Å². The van der Waals surface area contributed by atoms with Gasteiger partial charge >= 0.3 is 5.97 Å². The van der Waals surface area contributed by atoms with E-state index in [-0.39, 0.29) is 12.5 Å². The van der Waals surface area contributed by atoms with E-state index in [9.17, 15) is 9.70 Å². The van der Waals surface area contributed by atoms with Crippen LogP contribution in [0.3, 0.4) is 0 Å². The van der Waals surface area contributed by atoms with Crippen molar-refractivity contribution in [1.82, 2.24) is 0 Å². The largest absolute Gasteiger partial charge is 0.462 e. The summed E-state index contributed by atoms with van der Waals surface area (Å²) in [5.41, 5.74) is 0.392. The maximum atomic E-state index is 10.8. The fourth-order valence-corrected chi connectivity index (χ4v) is 0.566. The summed E-state index contributed by atoms with van der Waals surface area (Å²) in [6, 6.07) is 0. The van der Waals surface area contributed by atoms with Gasteiger partial charge in [0.05, 0.1) is 13.2 Å². The van der Waals surface area contributed by atoms with Crippen LogP contribution in [-0.2, 0) is 9.53 Å². The molecule has 0 amide bonds. The zero-order valence-corrected chi connectivity index (χ0v) is 7.21. The lowest BCUT2D eigenvalue weighted by atomic mass is 10.3. The molecule has 0 N–H and O–H groups in total. The minimum absolute atomic E-state index is 0.282. The molecule has 0 radical (unpaired) electrons. The Hall–Kier alpha value is -1.19. The molecule has 12 heavy (non-hydrogen) atoms. The Balaban J connectivity index is 3.25. The molecule has 0 aromatic carbocycles. The van der Waals surface area contributed by atoms with E-state index in [0.717, 1.165) is 0 Å². The maximum Gasteiger partial charge on any atom is 0.333 e. The summed E-state index contributed by atoms with van der Waals surface area (Å²) >= 11 is 0. The van der Waals surface area contributed by atoms with Crippen molar-refractivity contribution in [1.29, 1.82) is 0 Å². The van der Waals surface area contributed by atoms with E-state index in [1.54, 1.807) is 6.92 Å². The molecule has 68 valence electrons. The van der Waals surface area contributed by atoms with Crippen molar-refractivity contribution in [3.8, 4) is 0 Å². The van der Waals surface area contributed by atoms with Crippen molar-refractivity contribution in [2.45, 2.75) is 19.8 Å². The Morgan fingerprint density at radius 1 is 1.50 bits per heavy atom. The van der Waals surface area contributed by atoms with Gasteiger partial charge in [-0.1, -0.05) is 11.8 Å². The highest BCUT2D eigenvalue weighted by Gasteiger charge is 2.01. The minimum Gasteiger partial charge on any atom is -0.462 e. The smallest absolute Gasteiger partial charge is 0.333 e. The van der Waals surface area contributed by atoms with Crippen LogP contribution in [0, 0.1) is 4.91 Å². The summed E-state index contributed by atoms with van der Waals surface area (Å²) in [6.45, 7) is 5.64. The van der Waals surface area contributed by atoms with E-state index in [0.29, 0.717) is 25.0 Å². The first-order valence-electron chi connectivity index (χ1n) is 3.80. The van der Waals surface area contributed by atoms with Crippen molar-refractivity contribution in [2.75, 3.05) is 13.2 Å². The zero-order valence-electron chi connectivity index (χ0n) is 7.21. The first-order chi connectivity index (χ1) is 5.68. The number of esters is 1. The quantitative estimate of drug-likeness (QED) is 0.264. The molecule has 0 aliphatic carbocycles. The number of hydrogen-bond donors (Lipinski definition) is 0. The van der Waals surface area contributed by atoms with Crippen molar-refractivity contribution < 1.29 is 9.53 Å². The molecule has 0 saturated carbocycles. The highest BCUT2D eigenvalue weighted by Crippen LogP contribution is 1.95. The number of nitrogens with zero attached hydrogens (tertiary/aromatic N) is 1. The number of ether oxygens (including phenoxy) is 1. The molecule has 0 aliphatic heterocycles. The van der Waals surface area contributed by atoms with Crippen LogP contribution in [0.2, 0.25) is 0 Å². The average molecular weight is 171 g/mol. The topological polar surface area (TPSA) is 55.7 Å². The Labute approximate surface area is 71.6 Å². The maximum absolute atomic E-state index is 10.8. The number of hydrogen-bond acceptors (Lipinski definition) is 4. The van der Waals surface area contributed by atoms with Crippen LogP contribution in [0.25, 0.3) is 0 Å². The van der Waals surface area contributed by atoms with Gasteiger partial charge in [0.15, 0.2) is 0 Å². The number of nitroso groups, excluding NO2 is 1. The van der Waals surface area contributed by atoms with Gasteiger partial charge in [0.2, 0.25) is 0 Å². The van der Waals surface area contributed by atoms with Crippen LogP contribution < -0.4 is 0 Å². The lowest BCUT2D eigenvalue weighted by Gasteiger charge is -2.01. The van der Waals surface area contributed by atoms with Gasteiger partial charge in [0.25, 0.3) is 0 Å². The predicted octanol–water partition coefficient (Wildman–Crippen LogP) is 1.65. The number of carbonyl (C=O) groups excluding carboxylic acids is 1. The minimum atomic E-state index is -0.380. The molecule has 0 unspecified atom stereocenters. The fourth-order valence-electron chi connectivity index (χ4n) is 0.566. The van der Waals surface area contributed by atoms with Crippen LogP contribution in [0.1, 0.15) is 19.8 Å². The van der Waals surface area contributed by atoms with E-state index in [1.807, 2.05) is 0 Å². The lowest BCUT2D eigenvalue weighted by molar-refractivity contribution is -0.139. The van der Waals surface area contributed by atoms with Crippen molar-refractivity contribution in [3.05, 3.63) is 17.1 Å². The van der Waals surface area contributed by atoms with Gasteiger partial charge in [-0.3, -0.25) is 0 Å². The Morgan fingerprint density at radius 3 is 2.67 bits per heavy atom. The highest BCUT2D eigenvalue weighted by atomic mass is 16.5. The highest BCUT2D eigenvalue weighted by molar-refractivity contribution is 5.86. The summed E-state index contributed by atoms with van der Waals surface area (Å²) in [6.07, 6.45) is 1.33. The van der Waals surface area contributed by atoms with Gasteiger partial charge in [-0.05, 0) is 19.8 Å². The van der Waals surface area contributed by atoms with E-state index >= 15 is 0 Å². The molecule has 0 aromatic heterocycles. The van der Waals surface area contributed by atoms with Gasteiger partial charge in [0, 0.05) is 5.57 Å². The first-order valence-corrected chi connectivity index (χ1v) is 3.80. The van der Waals surface area contributed by atoms with Crippen LogP contribution >= 0.6 is 0 Å². The fraction of sp³-hybridized carbons (Fsp3) is 0.625. The molecular weight excluding hydrogens is 158 g/mol. The predicted molar refractivity (Wildman–Crippen MR) is 45.7 cm³/mol. The van der Waals surface area contributed by atoms with Gasteiger partial charge in [-0.15, -0.1) is 0 Å². The van der Waals surface area contributed by atoms with E-state index < -0.39 is 0 Å². The van der Waals surface area contributed by atoms with Crippen LogP contribution in [0.5, 0.6) is 0 Å². The first kappa shape index (κ1) is 10.8. The summed E-state index contributed by atoms with van der Waals surface area (Å²) < 4.78 is 4.77. The summed E-state index contributed by atoms with van der Waals surface area (Å²) in [5, 5.41) is 2.68. The molecule has 0 fully saturated rings. The third-order valence-electron chi connectivity index (χ3n) is 1.23. The van der Waals surface area contributed by atoms with E-state index in [1.165, 1.54) is 0 Å². The SMILES string of the molecule is C=C(C)C(=O)OCCCCN=O. The summed E-state index contributed by atoms with van der Waals surface area (Å²) in [7, 11) is 0. The zero-order chi connectivity index (χ0) is 9.40. The Kier molecular flexibility index (Phi) is 5.87. The second-order valence-electron chi connectivity index (χ2n) is 2.48. The lowest BCUT2D eigenvalue weighted by Crippen LogP contribution is -2.06. The molecule has 0 aliphatic rings. The van der Waals surface area contributed by atoms with E-state index in [4.69, 9.17) is 4.74 Å². The Bertz CT molecular complexity index is 177. The average Bonchev–Trinajstić information content (AvgIpc) is 2.03. The third-order valence-corrected chi connectivity index (χ3v) is 1.23. The monoisotopic (exact) mass is 171 g/mol. The normalized spacial score (nSPS) is 9.08. The van der Waals surface area contributed by atoms with Crippen molar-refractivity contribution in [2.24, 2.45) is 5.18 Å². The molecule has 0 aromatic rings. The number of rotatable bonds is 6. The van der Waals surface area contributed by atoms with Crippen molar-refractivity contribution >= 4 is 5.97 Å². The van der Waals surface area contributed by atoms with Crippen molar-refractivity contribution in [3.63, 3.8) is 0 Å². The second-order valence-corrected chi connectivity index (χ2v) is 2.48. The van der Waals surface area contributed by atoms with E-state index in [2.05, 4.69) is 11.8 Å². The van der Waals surface area contributed by atoms with Gasteiger partial charge in [-0.2, -0.15) is 4.91 Å². The molecule has 0 heterocycles. The Morgan fingerprint density at radius 2 is 2.17 bits per heavy atom. The summed E-state index contributed by atoms with van der Waals surface area (Å²) in [4.78, 5) is 20.4. The van der Waals surface area contributed by atoms with Gasteiger partial charge < -0.3 is 4.74 Å². The number of unbranched alkanes of at least 4 members (excludes halogenated alkanes) is 1. The molecule has 0 bridgehead atoms. The number of carbonyl (C=O) groups is 1.